The largest absolute Gasteiger partial charge is 0.228 e. The first-order valence-corrected chi connectivity index (χ1v) is 20.3. The molecule has 0 aliphatic heterocycles. The van der Waals surface area contributed by atoms with Crippen LogP contribution in [0, 0.1) is 0 Å². The number of thiophene rings is 1. The van der Waals surface area contributed by atoms with Crippen molar-refractivity contribution in [3.8, 4) is 67.3 Å². The second-order valence-electron chi connectivity index (χ2n) is 15.0. The van der Waals surface area contributed by atoms with Crippen LogP contribution in [0.4, 0.5) is 0 Å². The Bertz CT molecular complexity index is 3130. The summed E-state index contributed by atoms with van der Waals surface area (Å²) < 4.78 is 2.64. The van der Waals surface area contributed by atoms with Crippen LogP contribution in [0.5, 0.6) is 0 Å². The average Bonchev–Trinajstić information content (AvgIpc) is 3.80. The molecular weight excluding hydrogens is 709 g/mol. The van der Waals surface area contributed by atoms with Crippen molar-refractivity contribution in [2.45, 2.75) is 12.3 Å². The standard InChI is InChI=1S/C54H36N2S/c1-54(39-17-6-3-7-18-39)46-24-12-10-22-43(46)52-44(23-14-25-47(52)54)49-34-48(55-53(56-49)37-15-4-2-5-16-37)41-20-9-8-19-40(41)36-29-27-35(28-30-36)38-31-32-51-45(33-38)42-21-11-13-26-50(42)57-51/h2-34H,1H3. The van der Waals surface area contributed by atoms with Gasteiger partial charge in [-0.3, -0.25) is 0 Å². The summed E-state index contributed by atoms with van der Waals surface area (Å²) in [5.74, 6) is 0.708. The molecule has 2 heterocycles. The molecule has 0 fully saturated rings. The van der Waals surface area contributed by atoms with Crippen LogP contribution in [0.15, 0.2) is 200 Å². The molecule has 0 radical (unpaired) electrons. The van der Waals surface area contributed by atoms with Gasteiger partial charge < -0.3 is 0 Å². The molecule has 11 rings (SSSR count). The van der Waals surface area contributed by atoms with E-state index in [1.165, 1.54) is 59.1 Å². The molecule has 0 amide bonds. The molecule has 0 saturated carbocycles. The molecule has 10 aromatic rings. The lowest BCUT2D eigenvalue weighted by Gasteiger charge is -2.28. The van der Waals surface area contributed by atoms with E-state index in [2.05, 4.69) is 201 Å². The van der Waals surface area contributed by atoms with Gasteiger partial charge in [-0.1, -0.05) is 176 Å². The van der Waals surface area contributed by atoms with Crippen LogP contribution < -0.4 is 0 Å². The van der Waals surface area contributed by atoms with E-state index < -0.39 is 0 Å². The Morgan fingerprint density at radius 1 is 0.386 bits per heavy atom. The highest BCUT2D eigenvalue weighted by Crippen LogP contribution is 2.55. The van der Waals surface area contributed by atoms with Crippen molar-refractivity contribution in [3.63, 3.8) is 0 Å². The van der Waals surface area contributed by atoms with Gasteiger partial charge in [0.2, 0.25) is 0 Å². The lowest BCUT2D eigenvalue weighted by atomic mass is 9.74. The average molecular weight is 745 g/mol. The van der Waals surface area contributed by atoms with E-state index in [1.807, 2.05) is 17.4 Å². The van der Waals surface area contributed by atoms with Crippen molar-refractivity contribution in [2.24, 2.45) is 0 Å². The second kappa shape index (κ2) is 13.4. The quantitative estimate of drug-likeness (QED) is 0.169. The number of rotatable bonds is 6. The van der Waals surface area contributed by atoms with Crippen LogP contribution >= 0.6 is 11.3 Å². The van der Waals surface area contributed by atoms with Gasteiger partial charge in [-0.2, -0.15) is 0 Å². The van der Waals surface area contributed by atoms with Gasteiger partial charge in [0.1, 0.15) is 0 Å². The monoisotopic (exact) mass is 744 g/mol. The summed E-state index contributed by atoms with van der Waals surface area (Å²) in [4.78, 5) is 10.6. The van der Waals surface area contributed by atoms with Crippen molar-refractivity contribution in [1.82, 2.24) is 9.97 Å². The van der Waals surface area contributed by atoms with Gasteiger partial charge in [-0.05, 0) is 81.3 Å². The summed E-state index contributed by atoms with van der Waals surface area (Å²) in [7, 11) is 0. The van der Waals surface area contributed by atoms with Crippen LogP contribution in [-0.2, 0) is 5.41 Å². The van der Waals surface area contributed by atoms with Gasteiger partial charge in [-0.15, -0.1) is 11.3 Å². The first-order valence-electron chi connectivity index (χ1n) is 19.5. The predicted octanol–water partition coefficient (Wildman–Crippen LogP) is 14.5. The van der Waals surface area contributed by atoms with Gasteiger partial charge in [-0.25, -0.2) is 9.97 Å². The maximum atomic E-state index is 5.34. The SMILES string of the molecule is CC1(c2ccccc2)c2ccccc2-c2c(-c3cc(-c4ccccc4-c4ccc(-c5ccc6sc7ccccc7c6c5)cc4)nc(-c4ccccc4)n3)cccc21. The van der Waals surface area contributed by atoms with E-state index in [4.69, 9.17) is 9.97 Å². The van der Waals surface area contributed by atoms with Crippen LogP contribution in [-0.4, -0.2) is 9.97 Å². The molecule has 1 atom stereocenters. The van der Waals surface area contributed by atoms with Crippen molar-refractivity contribution in [3.05, 3.63) is 217 Å². The van der Waals surface area contributed by atoms with Crippen LogP contribution in [0.25, 0.3) is 87.5 Å². The normalized spacial score (nSPS) is 14.5. The summed E-state index contributed by atoms with van der Waals surface area (Å²) >= 11 is 1.85. The molecule has 3 heteroatoms. The van der Waals surface area contributed by atoms with Crippen molar-refractivity contribution < 1.29 is 0 Å². The van der Waals surface area contributed by atoms with Crippen LogP contribution in [0.2, 0.25) is 0 Å². The van der Waals surface area contributed by atoms with E-state index >= 15 is 0 Å². The third-order valence-electron chi connectivity index (χ3n) is 11.8. The first-order chi connectivity index (χ1) is 28.1. The third-order valence-corrected chi connectivity index (χ3v) is 13.0. The zero-order valence-electron chi connectivity index (χ0n) is 31.4. The van der Waals surface area contributed by atoms with Crippen molar-refractivity contribution >= 4 is 31.5 Å². The van der Waals surface area contributed by atoms with Gasteiger partial charge >= 0.3 is 0 Å². The fourth-order valence-electron chi connectivity index (χ4n) is 8.98. The molecule has 0 N–H and O–H groups in total. The minimum Gasteiger partial charge on any atom is -0.228 e. The number of hydrogen-bond donors (Lipinski definition) is 0. The number of fused-ring (bicyclic) bond motifs is 6. The molecular formula is C54H36N2S. The number of nitrogens with zero attached hydrogens (tertiary/aromatic N) is 2. The molecule has 8 aromatic carbocycles. The van der Waals surface area contributed by atoms with Gasteiger partial charge in [0.25, 0.3) is 0 Å². The Labute approximate surface area is 336 Å². The van der Waals surface area contributed by atoms with Gasteiger partial charge in [0, 0.05) is 42.3 Å². The molecule has 1 aliphatic rings. The van der Waals surface area contributed by atoms with Crippen LogP contribution in [0.3, 0.4) is 0 Å². The molecule has 2 aromatic heterocycles. The maximum Gasteiger partial charge on any atom is 0.160 e. The smallest absolute Gasteiger partial charge is 0.160 e. The van der Waals surface area contributed by atoms with Gasteiger partial charge in [0.05, 0.1) is 11.4 Å². The van der Waals surface area contributed by atoms with Crippen molar-refractivity contribution in [1.29, 1.82) is 0 Å². The molecule has 1 unspecified atom stereocenters. The van der Waals surface area contributed by atoms with Crippen LogP contribution in [0.1, 0.15) is 23.6 Å². The van der Waals surface area contributed by atoms with E-state index in [0.717, 1.165) is 39.2 Å². The highest BCUT2D eigenvalue weighted by molar-refractivity contribution is 7.25. The lowest BCUT2D eigenvalue weighted by molar-refractivity contribution is 0.714. The fourth-order valence-corrected chi connectivity index (χ4v) is 10.1. The van der Waals surface area contributed by atoms with E-state index in [0.29, 0.717) is 5.82 Å². The minimum absolute atomic E-state index is 0.302. The zero-order valence-corrected chi connectivity index (χ0v) is 32.2. The highest BCUT2D eigenvalue weighted by Gasteiger charge is 2.41. The first kappa shape index (κ1) is 33.4. The second-order valence-corrected chi connectivity index (χ2v) is 16.1. The summed E-state index contributed by atoms with van der Waals surface area (Å²) in [5, 5.41) is 2.63. The zero-order chi connectivity index (χ0) is 37.9. The summed E-state index contributed by atoms with van der Waals surface area (Å²) in [5.41, 5.74) is 15.7. The van der Waals surface area contributed by atoms with Crippen molar-refractivity contribution in [2.75, 3.05) is 0 Å². The lowest BCUT2D eigenvalue weighted by Crippen LogP contribution is -2.22. The molecule has 1 aliphatic carbocycles. The Hall–Kier alpha value is -6.94. The Morgan fingerprint density at radius 3 is 1.77 bits per heavy atom. The fraction of sp³-hybridized carbons (Fsp3) is 0.0370. The molecule has 57 heavy (non-hydrogen) atoms. The molecule has 2 nitrogen and oxygen atoms in total. The number of benzene rings is 8. The Balaban J connectivity index is 1.05. The Kier molecular flexibility index (Phi) is 7.84. The van der Waals surface area contributed by atoms with E-state index in [-0.39, 0.29) is 5.41 Å². The summed E-state index contributed by atoms with van der Waals surface area (Å²) in [6.07, 6.45) is 0. The summed E-state index contributed by atoms with van der Waals surface area (Å²) in [6, 6.07) is 72.2. The molecule has 0 saturated heterocycles. The number of aromatic nitrogens is 2. The maximum absolute atomic E-state index is 5.34. The topological polar surface area (TPSA) is 25.8 Å². The molecule has 0 bridgehead atoms. The predicted molar refractivity (Wildman–Crippen MR) is 240 cm³/mol. The minimum atomic E-state index is -0.302. The Morgan fingerprint density at radius 2 is 0.965 bits per heavy atom. The molecule has 268 valence electrons. The summed E-state index contributed by atoms with van der Waals surface area (Å²) in [6.45, 7) is 2.36. The van der Waals surface area contributed by atoms with E-state index in [1.54, 1.807) is 0 Å². The van der Waals surface area contributed by atoms with Gasteiger partial charge in [0.15, 0.2) is 5.82 Å². The van der Waals surface area contributed by atoms with E-state index in [9.17, 15) is 0 Å². The molecule has 0 spiro atoms. The third kappa shape index (κ3) is 5.46. The number of hydrogen-bond acceptors (Lipinski definition) is 3. The highest BCUT2D eigenvalue weighted by atomic mass is 32.1.